The van der Waals surface area contributed by atoms with Gasteiger partial charge in [-0.2, -0.15) is 0 Å². The van der Waals surface area contributed by atoms with Gasteiger partial charge in [-0.1, -0.05) is 0 Å². The van der Waals surface area contributed by atoms with Crippen LogP contribution in [0.2, 0.25) is 0 Å². The quantitative estimate of drug-likeness (QED) is 0.749. The molecule has 0 aromatic heterocycles. The van der Waals surface area contributed by atoms with Crippen LogP contribution in [0.5, 0.6) is 0 Å². The van der Waals surface area contributed by atoms with E-state index in [4.69, 9.17) is 9.47 Å². The van der Waals surface area contributed by atoms with Gasteiger partial charge in [0.15, 0.2) is 5.60 Å². The fourth-order valence-corrected chi connectivity index (χ4v) is 1.86. The predicted octanol–water partition coefficient (Wildman–Crippen LogP) is 0.795. The van der Waals surface area contributed by atoms with Crippen LogP contribution in [0.4, 0.5) is 0 Å². The van der Waals surface area contributed by atoms with Crippen LogP contribution in [0.15, 0.2) is 0 Å². The van der Waals surface area contributed by atoms with Crippen molar-refractivity contribution >= 4 is 5.97 Å². The van der Waals surface area contributed by atoms with Crippen LogP contribution in [-0.4, -0.2) is 46.7 Å². The van der Waals surface area contributed by atoms with Gasteiger partial charge in [0, 0.05) is 12.8 Å². The molecule has 5 nitrogen and oxygen atoms in total. The van der Waals surface area contributed by atoms with Crippen LogP contribution in [0, 0.1) is 0 Å². The van der Waals surface area contributed by atoms with E-state index in [1.54, 1.807) is 13.8 Å². The van der Waals surface area contributed by atoms with Crippen molar-refractivity contribution in [2.24, 2.45) is 0 Å². The Bertz CT molecular complexity index is 253. The molecule has 2 N–H and O–H groups in total. The third-order valence-corrected chi connectivity index (χ3v) is 3.01. The van der Waals surface area contributed by atoms with Gasteiger partial charge < -0.3 is 19.7 Å². The lowest BCUT2D eigenvalue weighted by Gasteiger charge is -2.38. The lowest BCUT2D eigenvalue weighted by atomic mass is 9.90. The molecule has 1 rings (SSSR count). The molecule has 0 amide bonds. The van der Waals surface area contributed by atoms with Crippen LogP contribution in [0.25, 0.3) is 0 Å². The fraction of sp³-hybridized carbons (Fsp3) is 0.909. The summed E-state index contributed by atoms with van der Waals surface area (Å²) in [7, 11) is 0. The zero-order chi connectivity index (χ0) is 12.3. The highest BCUT2D eigenvalue weighted by Gasteiger charge is 2.45. The summed E-state index contributed by atoms with van der Waals surface area (Å²) in [5, 5.41) is 18.6. The summed E-state index contributed by atoms with van der Waals surface area (Å²) in [6.07, 6.45) is -0.676. The number of aliphatic hydroxyl groups is 1. The van der Waals surface area contributed by atoms with E-state index in [0.717, 1.165) is 0 Å². The van der Waals surface area contributed by atoms with E-state index in [9.17, 15) is 15.0 Å². The minimum absolute atomic E-state index is 0.133. The second kappa shape index (κ2) is 5.12. The Hall–Kier alpha value is -0.650. The fourth-order valence-electron chi connectivity index (χ4n) is 1.86. The highest BCUT2D eigenvalue weighted by atomic mass is 16.6. The van der Waals surface area contributed by atoms with Gasteiger partial charge in [0.05, 0.1) is 24.9 Å². The molecule has 0 spiro atoms. The topological polar surface area (TPSA) is 76.0 Å². The Balaban J connectivity index is 2.76. The largest absolute Gasteiger partial charge is 0.479 e. The summed E-state index contributed by atoms with van der Waals surface area (Å²) < 4.78 is 10.9. The third-order valence-electron chi connectivity index (χ3n) is 3.01. The average Bonchev–Trinajstić information content (AvgIpc) is 2.17. The maximum Gasteiger partial charge on any atom is 0.336 e. The molecule has 0 saturated carbocycles. The summed E-state index contributed by atoms with van der Waals surface area (Å²) in [4.78, 5) is 11.3. The number of carboxylic acid groups (broad SMARTS) is 1. The first-order valence-electron chi connectivity index (χ1n) is 5.58. The SMILES string of the molecule is CC1CC(OC(C)C(C)O)(C(=O)O)CCO1. The van der Waals surface area contributed by atoms with Crippen molar-refractivity contribution in [2.75, 3.05) is 6.61 Å². The molecule has 1 fully saturated rings. The van der Waals surface area contributed by atoms with Crippen molar-refractivity contribution in [3.8, 4) is 0 Å². The van der Waals surface area contributed by atoms with E-state index >= 15 is 0 Å². The number of aliphatic carboxylic acids is 1. The molecule has 0 bridgehead atoms. The first-order chi connectivity index (χ1) is 7.37. The number of aliphatic hydroxyl groups excluding tert-OH is 1. The van der Waals surface area contributed by atoms with Crippen molar-refractivity contribution in [1.29, 1.82) is 0 Å². The molecule has 4 atom stereocenters. The van der Waals surface area contributed by atoms with E-state index in [1.165, 1.54) is 0 Å². The molecule has 94 valence electrons. The first-order valence-corrected chi connectivity index (χ1v) is 5.58. The van der Waals surface area contributed by atoms with Gasteiger partial charge in [-0.05, 0) is 20.8 Å². The molecule has 0 aromatic carbocycles. The van der Waals surface area contributed by atoms with E-state index < -0.39 is 23.8 Å². The molecule has 16 heavy (non-hydrogen) atoms. The highest BCUT2D eigenvalue weighted by molar-refractivity contribution is 5.77. The van der Waals surface area contributed by atoms with Crippen LogP contribution in [0.1, 0.15) is 33.6 Å². The van der Waals surface area contributed by atoms with Gasteiger partial charge in [0.25, 0.3) is 0 Å². The summed E-state index contributed by atoms with van der Waals surface area (Å²) in [5.41, 5.74) is -1.21. The summed E-state index contributed by atoms with van der Waals surface area (Å²) >= 11 is 0. The Labute approximate surface area is 95.4 Å². The maximum absolute atomic E-state index is 11.3. The van der Waals surface area contributed by atoms with Crippen molar-refractivity contribution < 1.29 is 24.5 Å². The van der Waals surface area contributed by atoms with Crippen molar-refractivity contribution in [1.82, 2.24) is 0 Å². The lowest BCUT2D eigenvalue weighted by molar-refractivity contribution is -0.202. The van der Waals surface area contributed by atoms with Crippen molar-refractivity contribution in [3.05, 3.63) is 0 Å². The summed E-state index contributed by atoms with van der Waals surface area (Å²) in [6.45, 7) is 5.46. The van der Waals surface area contributed by atoms with Crippen LogP contribution < -0.4 is 0 Å². The maximum atomic E-state index is 11.3. The molecule has 5 heteroatoms. The molecule has 4 unspecified atom stereocenters. The Morgan fingerprint density at radius 1 is 1.56 bits per heavy atom. The Morgan fingerprint density at radius 3 is 2.62 bits per heavy atom. The molecule has 1 heterocycles. The molecule has 0 aliphatic carbocycles. The van der Waals surface area contributed by atoms with Crippen LogP contribution in [-0.2, 0) is 14.3 Å². The van der Waals surface area contributed by atoms with E-state index in [-0.39, 0.29) is 6.10 Å². The predicted molar refractivity (Wildman–Crippen MR) is 57.2 cm³/mol. The number of hydrogen-bond donors (Lipinski definition) is 2. The van der Waals surface area contributed by atoms with Gasteiger partial charge in [-0.25, -0.2) is 4.79 Å². The summed E-state index contributed by atoms with van der Waals surface area (Å²) in [6, 6.07) is 0. The smallest absolute Gasteiger partial charge is 0.336 e. The normalized spacial score (nSPS) is 34.4. The third kappa shape index (κ3) is 2.93. The molecule has 1 saturated heterocycles. The van der Waals surface area contributed by atoms with Crippen LogP contribution >= 0.6 is 0 Å². The van der Waals surface area contributed by atoms with Gasteiger partial charge in [0.2, 0.25) is 0 Å². The average molecular weight is 232 g/mol. The van der Waals surface area contributed by atoms with Gasteiger partial charge in [-0.15, -0.1) is 0 Å². The minimum atomic E-state index is -1.21. The Kier molecular flexibility index (Phi) is 4.29. The lowest BCUT2D eigenvalue weighted by Crippen LogP contribution is -2.51. The summed E-state index contributed by atoms with van der Waals surface area (Å²) in [5.74, 6) is -0.977. The molecular formula is C11H20O5. The van der Waals surface area contributed by atoms with Crippen molar-refractivity contribution in [3.63, 3.8) is 0 Å². The molecule has 0 aromatic rings. The van der Waals surface area contributed by atoms with Gasteiger partial charge in [-0.3, -0.25) is 0 Å². The molecule has 1 aliphatic heterocycles. The Morgan fingerprint density at radius 2 is 2.19 bits per heavy atom. The number of rotatable bonds is 4. The number of carboxylic acids is 1. The number of hydrogen-bond acceptors (Lipinski definition) is 4. The standard InChI is InChI=1S/C11H20O5/c1-7-6-11(10(13)14,4-5-15-7)16-9(3)8(2)12/h7-9,12H,4-6H2,1-3H3,(H,13,14). The monoisotopic (exact) mass is 232 g/mol. The zero-order valence-electron chi connectivity index (χ0n) is 9.97. The molecular weight excluding hydrogens is 212 g/mol. The van der Waals surface area contributed by atoms with Crippen LogP contribution in [0.3, 0.4) is 0 Å². The van der Waals surface area contributed by atoms with Gasteiger partial charge >= 0.3 is 5.97 Å². The minimum Gasteiger partial charge on any atom is -0.479 e. The van der Waals surface area contributed by atoms with Crippen molar-refractivity contribution in [2.45, 2.75) is 57.5 Å². The zero-order valence-corrected chi connectivity index (χ0v) is 9.97. The second-order valence-corrected chi connectivity index (χ2v) is 4.50. The number of carbonyl (C=O) groups is 1. The molecule has 0 radical (unpaired) electrons. The first kappa shape index (κ1) is 13.4. The second-order valence-electron chi connectivity index (χ2n) is 4.50. The van der Waals surface area contributed by atoms with E-state index in [2.05, 4.69) is 0 Å². The van der Waals surface area contributed by atoms with E-state index in [1.807, 2.05) is 6.92 Å². The molecule has 1 aliphatic rings. The van der Waals surface area contributed by atoms with E-state index in [0.29, 0.717) is 19.4 Å². The van der Waals surface area contributed by atoms with Gasteiger partial charge in [0.1, 0.15) is 0 Å². The number of ether oxygens (including phenoxy) is 2. The highest BCUT2D eigenvalue weighted by Crippen LogP contribution is 2.30.